The summed E-state index contributed by atoms with van der Waals surface area (Å²) in [4.78, 5) is 65.2. The van der Waals surface area contributed by atoms with E-state index in [1.807, 2.05) is 38.1 Å². The predicted octanol–water partition coefficient (Wildman–Crippen LogP) is 3.80. The molecular weight excluding hydrogens is 751 g/mol. The molecule has 0 spiro atoms. The van der Waals surface area contributed by atoms with Crippen LogP contribution in [0.1, 0.15) is 82.3 Å². The molecule has 3 aliphatic carbocycles. The van der Waals surface area contributed by atoms with Crippen molar-refractivity contribution in [2.24, 2.45) is 17.8 Å². The Labute approximate surface area is 333 Å². The van der Waals surface area contributed by atoms with Crippen molar-refractivity contribution in [1.82, 2.24) is 24.8 Å². The van der Waals surface area contributed by atoms with Crippen molar-refractivity contribution in [3.8, 4) is 11.6 Å². The molecule has 8 rings (SSSR count). The van der Waals surface area contributed by atoms with Gasteiger partial charge in [-0.2, -0.15) is 0 Å². The molecule has 1 aromatic heterocycles. The maximum Gasteiger partial charge on any atom is 0.259 e. The first kappa shape index (κ1) is 39.3. The van der Waals surface area contributed by atoms with E-state index in [2.05, 4.69) is 16.6 Å². The van der Waals surface area contributed by atoms with Crippen molar-refractivity contribution in [3.63, 3.8) is 0 Å². The number of nitrogens with one attached hydrogen (secondary N) is 2. The lowest BCUT2D eigenvalue weighted by atomic mass is 9.86. The first-order valence-corrected chi connectivity index (χ1v) is 22.1. The minimum absolute atomic E-state index is 0.0181. The molecule has 6 atom stereocenters. The lowest BCUT2D eigenvalue weighted by Gasteiger charge is -2.32. The average molecular weight is 804 g/mol. The monoisotopic (exact) mass is 803 g/mol. The number of hydrogen-bond donors (Lipinski definition) is 2. The lowest BCUT2D eigenvalue weighted by molar-refractivity contribution is -0.146. The zero-order chi connectivity index (χ0) is 40.1. The summed E-state index contributed by atoms with van der Waals surface area (Å²) in [6.45, 7) is 9.50. The number of carbonyl (C=O) groups excluding carboxylic acids is 4. The molecule has 4 heterocycles. The second-order valence-electron chi connectivity index (χ2n) is 16.6. The molecule has 3 saturated carbocycles. The highest BCUT2D eigenvalue weighted by atomic mass is 32.2. The standard InChI is InChI=1S/C42H53N5O9S/c1-4-28-22-42(28,41(51)45-57(52,53)31-12-13-31)44-39(49)35-19-30-24-47(35)40(50)32(26-9-6-7-10-26)20-38(48)46-15-14-29(23-46)55-16-8-11-27-18-33-34(17-25(27)3)43-37(54-5-2)21-36(33)56-30/h4,8,11,17-18,21,26,28-32,35H,1,5-7,9-10,12-16,19-20,22-24H2,2-3H3,(H,44,49)(H,45,51)/b11-8+/t28-,29+,30-,32+,35+,42-/m1/s1. The SMILES string of the molecule is C=C[C@@H]1C[C@]1(NC(=O)[C@@H]1C[C@@H]2CN1C(=O)[C@H](C1CCCC1)CC(=O)N1CC[C@@H](C1)OC/C=C/c1cc3c(cc(OCC)nc3cc1C)O2)C(=O)NS(=O)(=O)C1CC1. The van der Waals surface area contributed by atoms with Gasteiger partial charge in [0.1, 0.15) is 23.4 Å². The Hall–Kier alpha value is -4.50. The molecule has 57 heavy (non-hydrogen) atoms. The highest BCUT2D eigenvalue weighted by Crippen LogP contribution is 2.46. The number of rotatable bonds is 9. The van der Waals surface area contributed by atoms with Gasteiger partial charge < -0.3 is 29.3 Å². The molecule has 6 bridgehead atoms. The molecule has 5 fully saturated rings. The van der Waals surface area contributed by atoms with E-state index in [4.69, 9.17) is 19.2 Å². The van der Waals surface area contributed by atoms with Crippen molar-refractivity contribution in [2.45, 2.75) is 107 Å². The van der Waals surface area contributed by atoms with E-state index in [0.29, 0.717) is 62.7 Å². The summed E-state index contributed by atoms with van der Waals surface area (Å²) in [6.07, 6.45) is 10.2. The summed E-state index contributed by atoms with van der Waals surface area (Å²) >= 11 is 0. The fourth-order valence-corrected chi connectivity index (χ4v) is 10.6. The van der Waals surface area contributed by atoms with Gasteiger partial charge in [-0.15, -0.1) is 6.58 Å². The third kappa shape index (κ3) is 8.01. The fraction of sp³-hybridized carbons (Fsp3) is 0.595. The highest BCUT2D eigenvalue weighted by molar-refractivity contribution is 7.91. The molecule has 0 radical (unpaired) electrons. The molecular formula is C42H53N5O9S. The smallest absolute Gasteiger partial charge is 0.259 e. The van der Waals surface area contributed by atoms with Crippen molar-refractivity contribution in [3.05, 3.63) is 48.1 Å². The molecule has 0 unspecified atom stereocenters. The molecule has 4 amide bonds. The number of aromatic nitrogens is 1. The van der Waals surface area contributed by atoms with Crippen molar-refractivity contribution in [1.29, 1.82) is 0 Å². The van der Waals surface area contributed by atoms with Crippen LogP contribution >= 0.6 is 0 Å². The van der Waals surface area contributed by atoms with Crippen LogP contribution in [0.15, 0.2) is 36.9 Å². The van der Waals surface area contributed by atoms with Gasteiger partial charge in [-0.25, -0.2) is 13.4 Å². The minimum Gasteiger partial charge on any atom is -0.488 e. The summed E-state index contributed by atoms with van der Waals surface area (Å²) < 4.78 is 46.6. The van der Waals surface area contributed by atoms with E-state index in [0.717, 1.165) is 42.2 Å². The third-order valence-electron chi connectivity index (χ3n) is 12.7. The van der Waals surface area contributed by atoms with E-state index < -0.39 is 56.6 Å². The zero-order valence-electron chi connectivity index (χ0n) is 32.7. The molecule has 14 nitrogen and oxygen atoms in total. The molecule has 2 aromatic rings. The highest BCUT2D eigenvalue weighted by Gasteiger charge is 2.62. The molecule has 2 saturated heterocycles. The third-order valence-corrected chi connectivity index (χ3v) is 14.5. The van der Waals surface area contributed by atoms with Crippen molar-refractivity contribution >= 4 is 50.6 Å². The van der Waals surface area contributed by atoms with Gasteiger partial charge in [0.2, 0.25) is 33.6 Å². The van der Waals surface area contributed by atoms with Crippen LogP contribution in [0, 0.1) is 24.7 Å². The van der Waals surface area contributed by atoms with Crippen LogP contribution in [0.25, 0.3) is 17.0 Å². The molecule has 3 aliphatic heterocycles. The van der Waals surface area contributed by atoms with Gasteiger partial charge in [-0.3, -0.25) is 23.9 Å². The number of nitrogens with zero attached hydrogens (tertiary/aromatic N) is 3. The largest absolute Gasteiger partial charge is 0.488 e. The van der Waals surface area contributed by atoms with Gasteiger partial charge in [0.15, 0.2) is 0 Å². The number of aryl methyl sites for hydroxylation is 1. The van der Waals surface area contributed by atoms with E-state index in [-0.39, 0.29) is 49.6 Å². The number of fused-ring (bicyclic) bond motifs is 5. The fourth-order valence-electron chi connectivity index (χ4n) is 9.22. The van der Waals surface area contributed by atoms with Crippen LogP contribution in [0.5, 0.6) is 11.6 Å². The van der Waals surface area contributed by atoms with Gasteiger partial charge in [-0.1, -0.05) is 31.1 Å². The van der Waals surface area contributed by atoms with Crippen LogP contribution in [0.2, 0.25) is 0 Å². The molecule has 306 valence electrons. The number of sulfonamides is 1. The minimum atomic E-state index is -3.89. The normalized spacial score (nSPS) is 30.0. The van der Waals surface area contributed by atoms with E-state index in [1.165, 1.54) is 11.0 Å². The van der Waals surface area contributed by atoms with Gasteiger partial charge in [-0.05, 0) is 81.5 Å². The van der Waals surface area contributed by atoms with Crippen LogP contribution in [0.3, 0.4) is 0 Å². The summed E-state index contributed by atoms with van der Waals surface area (Å²) in [5.41, 5.74) is 1.07. The second kappa shape index (κ2) is 15.7. The summed E-state index contributed by atoms with van der Waals surface area (Å²) in [5.74, 6) is -2.13. The molecule has 2 N–H and O–H groups in total. The summed E-state index contributed by atoms with van der Waals surface area (Å²) in [5, 5.41) is 2.99. The molecule has 1 aromatic carbocycles. The van der Waals surface area contributed by atoms with Crippen molar-refractivity contribution in [2.75, 3.05) is 32.8 Å². The second-order valence-corrected chi connectivity index (χ2v) is 18.6. The summed E-state index contributed by atoms with van der Waals surface area (Å²) in [6, 6.07) is 4.64. The predicted molar refractivity (Wildman–Crippen MR) is 211 cm³/mol. The quantitative estimate of drug-likeness (QED) is 0.355. The lowest BCUT2D eigenvalue weighted by Crippen LogP contribution is -2.57. The van der Waals surface area contributed by atoms with Gasteiger partial charge in [0, 0.05) is 49.2 Å². The number of ether oxygens (including phenoxy) is 3. The number of benzene rings is 1. The number of pyridine rings is 1. The molecule has 15 heteroatoms. The summed E-state index contributed by atoms with van der Waals surface area (Å²) in [7, 11) is -3.89. The van der Waals surface area contributed by atoms with E-state index >= 15 is 0 Å². The van der Waals surface area contributed by atoms with Crippen molar-refractivity contribution < 1.29 is 41.8 Å². The Morgan fingerprint density at radius 3 is 2.60 bits per heavy atom. The van der Waals surface area contributed by atoms with Crippen LogP contribution < -0.4 is 19.5 Å². The number of carbonyl (C=O) groups is 4. The van der Waals surface area contributed by atoms with Gasteiger partial charge in [0.25, 0.3) is 5.91 Å². The van der Waals surface area contributed by atoms with Gasteiger partial charge in [0.05, 0.1) is 36.6 Å². The maximum atomic E-state index is 15.0. The van der Waals surface area contributed by atoms with Gasteiger partial charge >= 0.3 is 0 Å². The average Bonchev–Trinajstić information content (AvgIpc) is 3.95. The van der Waals surface area contributed by atoms with Crippen LogP contribution in [-0.4, -0.2) is 109 Å². The Balaban J connectivity index is 1.16. The topological polar surface area (TPSA) is 174 Å². The Morgan fingerprint density at radius 1 is 1.09 bits per heavy atom. The van der Waals surface area contributed by atoms with Crippen LogP contribution in [-0.2, 0) is 33.9 Å². The number of hydrogen-bond acceptors (Lipinski definition) is 10. The zero-order valence-corrected chi connectivity index (χ0v) is 33.6. The molecule has 6 aliphatic rings. The maximum absolute atomic E-state index is 15.0. The Morgan fingerprint density at radius 2 is 1.88 bits per heavy atom. The first-order valence-electron chi connectivity index (χ1n) is 20.5. The van der Waals surface area contributed by atoms with E-state index in [9.17, 15) is 27.6 Å². The number of amides is 4. The van der Waals surface area contributed by atoms with E-state index in [1.54, 1.807) is 11.0 Å². The van der Waals surface area contributed by atoms with Crippen LogP contribution in [0.4, 0.5) is 0 Å². The first-order chi connectivity index (χ1) is 27.4. The Bertz CT molecular complexity index is 2100. The Kier molecular flexibility index (Phi) is 10.8.